The molecule has 0 aliphatic heterocycles. The number of nitrogens with one attached hydrogen (secondary N) is 1. The van der Waals surface area contributed by atoms with Crippen molar-refractivity contribution in [2.24, 2.45) is 5.10 Å². The van der Waals surface area contributed by atoms with E-state index in [1.807, 2.05) is 19.1 Å². The van der Waals surface area contributed by atoms with Crippen molar-refractivity contribution in [2.75, 3.05) is 7.11 Å². The number of benzene rings is 2. The summed E-state index contributed by atoms with van der Waals surface area (Å²) >= 11 is 0. The molecule has 0 atom stereocenters. The lowest BCUT2D eigenvalue weighted by Crippen LogP contribution is -2.20. The first kappa shape index (κ1) is 17.8. The molecule has 0 bridgehead atoms. The molecule has 128 valence electrons. The van der Waals surface area contributed by atoms with Crippen molar-refractivity contribution in [1.29, 1.82) is 0 Å². The standard InChI is InChI=1S/C17H20N2O4S/c1-11-7-12(2)17(13(3)8-11)24(21,22)19-18-10-14-5-6-16(23-4)15(20)9-14/h5-10,19-20H,1-4H3/b18-10+. The van der Waals surface area contributed by atoms with Gasteiger partial charge in [-0.15, -0.1) is 0 Å². The van der Waals surface area contributed by atoms with Crippen LogP contribution in [0.4, 0.5) is 0 Å². The smallest absolute Gasteiger partial charge is 0.277 e. The molecule has 0 radical (unpaired) electrons. The van der Waals surface area contributed by atoms with E-state index in [1.54, 1.807) is 26.0 Å². The van der Waals surface area contributed by atoms with Crippen LogP contribution in [0.1, 0.15) is 22.3 Å². The van der Waals surface area contributed by atoms with Crippen molar-refractivity contribution in [2.45, 2.75) is 25.7 Å². The quantitative estimate of drug-likeness (QED) is 0.642. The molecule has 2 aromatic carbocycles. The van der Waals surface area contributed by atoms with Gasteiger partial charge in [0.1, 0.15) is 0 Å². The van der Waals surface area contributed by atoms with E-state index < -0.39 is 10.0 Å². The van der Waals surface area contributed by atoms with Gasteiger partial charge in [-0.05, 0) is 55.7 Å². The summed E-state index contributed by atoms with van der Waals surface area (Å²) in [7, 11) is -2.32. The number of nitrogens with zero attached hydrogens (tertiary/aromatic N) is 1. The molecular weight excluding hydrogens is 328 g/mol. The molecule has 0 aliphatic carbocycles. The van der Waals surface area contributed by atoms with Crippen molar-refractivity contribution >= 4 is 16.2 Å². The number of hydrogen-bond acceptors (Lipinski definition) is 5. The van der Waals surface area contributed by atoms with Gasteiger partial charge >= 0.3 is 0 Å². The number of rotatable bonds is 5. The molecule has 2 rings (SSSR count). The van der Waals surface area contributed by atoms with Gasteiger partial charge in [0.2, 0.25) is 0 Å². The molecule has 7 heteroatoms. The highest BCUT2D eigenvalue weighted by Crippen LogP contribution is 2.25. The first-order valence-electron chi connectivity index (χ1n) is 7.24. The molecule has 6 nitrogen and oxygen atoms in total. The molecule has 0 aromatic heterocycles. The summed E-state index contributed by atoms with van der Waals surface area (Å²) in [6, 6.07) is 8.27. The third-order valence-corrected chi connectivity index (χ3v) is 4.99. The van der Waals surface area contributed by atoms with E-state index in [4.69, 9.17) is 4.74 Å². The highest BCUT2D eigenvalue weighted by Gasteiger charge is 2.19. The Kier molecular flexibility index (Phi) is 5.14. The molecule has 0 spiro atoms. The maximum absolute atomic E-state index is 12.4. The van der Waals surface area contributed by atoms with Crippen molar-refractivity contribution in [3.05, 3.63) is 52.6 Å². The van der Waals surface area contributed by atoms with E-state index in [0.717, 1.165) is 5.56 Å². The number of ether oxygens (including phenoxy) is 1. The molecule has 0 saturated heterocycles. The number of hydrazone groups is 1. The van der Waals surface area contributed by atoms with Crippen LogP contribution < -0.4 is 9.57 Å². The monoisotopic (exact) mass is 348 g/mol. The molecule has 24 heavy (non-hydrogen) atoms. The zero-order valence-electron chi connectivity index (χ0n) is 14.0. The van der Waals surface area contributed by atoms with Gasteiger partial charge in [0, 0.05) is 0 Å². The van der Waals surface area contributed by atoms with E-state index in [-0.39, 0.29) is 10.6 Å². The van der Waals surface area contributed by atoms with E-state index in [0.29, 0.717) is 22.4 Å². The molecule has 2 aromatic rings. The van der Waals surface area contributed by atoms with Crippen LogP contribution in [0.15, 0.2) is 40.3 Å². The van der Waals surface area contributed by atoms with E-state index >= 15 is 0 Å². The Balaban J connectivity index is 2.23. The Morgan fingerprint density at radius 3 is 2.29 bits per heavy atom. The molecule has 0 fully saturated rings. The summed E-state index contributed by atoms with van der Waals surface area (Å²) < 4.78 is 29.8. The van der Waals surface area contributed by atoms with Crippen LogP contribution in [0.3, 0.4) is 0 Å². The van der Waals surface area contributed by atoms with Crippen LogP contribution in [0.25, 0.3) is 0 Å². The first-order chi connectivity index (χ1) is 11.2. The number of aryl methyl sites for hydroxylation is 3. The highest BCUT2D eigenvalue weighted by atomic mass is 32.2. The highest BCUT2D eigenvalue weighted by molar-refractivity contribution is 7.89. The van der Waals surface area contributed by atoms with Crippen molar-refractivity contribution in [3.8, 4) is 11.5 Å². The van der Waals surface area contributed by atoms with Crippen molar-refractivity contribution in [1.82, 2.24) is 4.83 Å². The van der Waals surface area contributed by atoms with Gasteiger partial charge in [-0.2, -0.15) is 13.5 Å². The van der Waals surface area contributed by atoms with E-state index in [9.17, 15) is 13.5 Å². The van der Waals surface area contributed by atoms with Gasteiger partial charge in [0.05, 0.1) is 18.2 Å². The normalized spacial score (nSPS) is 11.7. The van der Waals surface area contributed by atoms with E-state index in [1.165, 1.54) is 19.4 Å². The van der Waals surface area contributed by atoms with Crippen molar-refractivity contribution < 1.29 is 18.3 Å². The minimum Gasteiger partial charge on any atom is -0.504 e. The Bertz CT molecular complexity index is 866. The number of phenolic OH excluding ortho intramolecular Hbond substituents is 1. The topological polar surface area (TPSA) is 88.0 Å². The second-order valence-electron chi connectivity index (χ2n) is 5.51. The maximum Gasteiger partial charge on any atom is 0.277 e. The minimum atomic E-state index is -3.77. The van der Waals surface area contributed by atoms with E-state index in [2.05, 4.69) is 9.93 Å². The largest absolute Gasteiger partial charge is 0.504 e. The zero-order chi connectivity index (χ0) is 17.9. The minimum absolute atomic E-state index is 0.0467. The molecular formula is C17H20N2O4S. The summed E-state index contributed by atoms with van der Waals surface area (Å²) in [4.78, 5) is 2.43. The van der Waals surface area contributed by atoms with Crippen LogP contribution in [-0.4, -0.2) is 26.8 Å². The summed E-state index contributed by atoms with van der Waals surface area (Å²) in [5, 5.41) is 13.5. The molecule has 2 N–H and O–H groups in total. The van der Waals surface area contributed by atoms with Crippen LogP contribution in [0, 0.1) is 20.8 Å². The molecule has 0 saturated carbocycles. The maximum atomic E-state index is 12.4. The van der Waals surface area contributed by atoms with Gasteiger partial charge in [0.25, 0.3) is 10.0 Å². The van der Waals surface area contributed by atoms with Gasteiger partial charge in [-0.3, -0.25) is 0 Å². The Labute approximate surface area is 141 Å². The Morgan fingerprint density at radius 1 is 1.12 bits per heavy atom. The predicted molar refractivity (Wildman–Crippen MR) is 93.2 cm³/mol. The van der Waals surface area contributed by atoms with Crippen molar-refractivity contribution in [3.63, 3.8) is 0 Å². The summed E-state index contributed by atoms with van der Waals surface area (Å²) in [6.07, 6.45) is 1.32. The van der Waals surface area contributed by atoms with Crippen LogP contribution >= 0.6 is 0 Å². The summed E-state index contributed by atoms with van der Waals surface area (Å²) in [5.41, 5.74) is 2.86. The Morgan fingerprint density at radius 2 is 1.75 bits per heavy atom. The third kappa shape index (κ3) is 3.86. The van der Waals surface area contributed by atoms with Gasteiger partial charge in [-0.1, -0.05) is 17.7 Å². The SMILES string of the molecule is COc1ccc(/C=N/NS(=O)(=O)c2c(C)cc(C)cc2C)cc1O. The molecule has 0 unspecified atom stereocenters. The van der Waals surface area contributed by atoms with Crippen LogP contribution in [0.2, 0.25) is 0 Å². The number of aromatic hydroxyl groups is 1. The molecule has 0 heterocycles. The fraction of sp³-hybridized carbons (Fsp3) is 0.235. The zero-order valence-corrected chi connectivity index (χ0v) is 14.8. The fourth-order valence-corrected chi connectivity index (χ4v) is 3.84. The average Bonchev–Trinajstić information content (AvgIpc) is 2.45. The third-order valence-electron chi connectivity index (χ3n) is 3.46. The molecule has 0 aliphatic rings. The number of hydrogen-bond donors (Lipinski definition) is 2. The number of sulfonamides is 1. The Hall–Kier alpha value is -2.54. The van der Waals surface area contributed by atoms with Gasteiger partial charge in [-0.25, -0.2) is 4.83 Å². The van der Waals surface area contributed by atoms with Crippen LogP contribution in [-0.2, 0) is 10.0 Å². The summed E-state index contributed by atoms with van der Waals surface area (Å²) in [5.74, 6) is 0.285. The average molecular weight is 348 g/mol. The van der Waals surface area contributed by atoms with Gasteiger partial charge < -0.3 is 9.84 Å². The fourth-order valence-electron chi connectivity index (χ4n) is 2.59. The molecule has 0 amide bonds. The lowest BCUT2D eigenvalue weighted by molar-refractivity contribution is 0.373. The second kappa shape index (κ2) is 6.92. The van der Waals surface area contributed by atoms with Crippen LogP contribution in [0.5, 0.6) is 11.5 Å². The first-order valence-corrected chi connectivity index (χ1v) is 8.72. The lowest BCUT2D eigenvalue weighted by atomic mass is 10.1. The van der Waals surface area contributed by atoms with Gasteiger partial charge in [0.15, 0.2) is 11.5 Å². The second-order valence-corrected chi connectivity index (χ2v) is 7.11. The number of methoxy groups -OCH3 is 1. The number of phenols is 1. The summed E-state index contributed by atoms with van der Waals surface area (Å²) in [6.45, 7) is 5.41. The predicted octanol–water partition coefficient (Wildman–Crippen LogP) is 2.64. The lowest BCUT2D eigenvalue weighted by Gasteiger charge is -2.11.